The van der Waals surface area contributed by atoms with Crippen LogP contribution in [-0.2, 0) is 14.4 Å². The number of carbonyl (C=O) groups is 3. The van der Waals surface area contributed by atoms with E-state index in [9.17, 15) is 29.7 Å². The van der Waals surface area contributed by atoms with Crippen molar-refractivity contribution in [3.8, 4) is 0 Å². The first-order chi connectivity index (χ1) is 16.2. The summed E-state index contributed by atoms with van der Waals surface area (Å²) in [6.07, 6.45) is 15.8. The van der Waals surface area contributed by atoms with Gasteiger partial charge in [-0.05, 0) is 12.8 Å². The number of aliphatic carboxylic acids is 3. The second-order valence-electron chi connectivity index (χ2n) is 9.75. The number of nitrogens with zero attached hydrogens (tertiary/aromatic N) is 1. The summed E-state index contributed by atoms with van der Waals surface area (Å²) >= 11 is 0. The number of carboxylic acid groups (broad SMARTS) is 3. The monoisotopic (exact) mass is 486 g/mol. The quantitative estimate of drug-likeness (QED) is 0.112. The molecule has 200 valence electrons. The Morgan fingerprint density at radius 1 is 0.500 bits per heavy atom. The van der Waals surface area contributed by atoms with E-state index in [0.29, 0.717) is 6.42 Å². The molecule has 0 aromatic carbocycles. The average molecular weight is 487 g/mol. The van der Waals surface area contributed by atoms with Gasteiger partial charge in [0.1, 0.15) is 0 Å². The minimum absolute atomic E-state index is 0.196. The van der Waals surface area contributed by atoms with E-state index in [1.807, 2.05) is 0 Å². The molecule has 7 heteroatoms. The maximum Gasteiger partial charge on any atom is 0.362 e. The Hall–Kier alpha value is -1.63. The smallest absolute Gasteiger partial charge is 0.362 e. The van der Waals surface area contributed by atoms with E-state index >= 15 is 0 Å². The Morgan fingerprint density at radius 3 is 1.00 bits per heavy atom. The lowest BCUT2D eigenvalue weighted by Gasteiger charge is -2.49. The third-order valence-electron chi connectivity index (χ3n) is 7.41. The minimum atomic E-state index is -1.11. The molecule has 0 amide bonds. The van der Waals surface area contributed by atoms with Gasteiger partial charge in [0.2, 0.25) is 0 Å². The first kappa shape index (κ1) is 32.4. The van der Waals surface area contributed by atoms with E-state index in [4.69, 9.17) is 0 Å². The van der Waals surface area contributed by atoms with E-state index in [1.165, 1.54) is 57.8 Å². The highest BCUT2D eigenvalue weighted by molar-refractivity contribution is 5.78. The van der Waals surface area contributed by atoms with Crippen molar-refractivity contribution < 1.29 is 34.2 Å². The molecule has 0 aromatic rings. The van der Waals surface area contributed by atoms with Crippen molar-refractivity contribution in [2.45, 2.75) is 149 Å². The van der Waals surface area contributed by atoms with Crippen LogP contribution in [0.1, 0.15) is 130 Å². The number of rotatable bonds is 23. The Morgan fingerprint density at radius 2 is 0.765 bits per heavy atom. The van der Waals surface area contributed by atoms with Gasteiger partial charge in [-0.1, -0.05) is 98.3 Å². The van der Waals surface area contributed by atoms with Gasteiger partial charge in [0.25, 0.3) is 0 Å². The summed E-state index contributed by atoms with van der Waals surface area (Å²) in [5.74, 6) is -3.34. The predicted octanol–water partition coefficient (Wildman–Crippen LogP) is 6.48. The molecular formula is C27H52NO6+. The van der Waals surface area contributed by atoms with Crippen molar-refractivity contribution >= 4 is 17.9 Å². The molecule has 0 aliphatic rings. The SMILES string of the molecule is CCCCCCCCCCCCCCC[N+](C(CC)C(=O)O)(C(CC)C(=O)O)C(CC)C(=O)O. The number of unbranched alkanes of at least 4 members (excludes halogenated alkanes) is 12. The molecule has 3 atom stereocenters. The number of hydrogen-bond donors (Lipinski definition) is 3. The van der Waals surface area contributed by atoms with Crippen molar-refractivity contribution in [1.82, 2.24) is 0 Å². The summed E-state index contributed by atoms with van der Waals surface area (Å²) in [6.45, 7) is 7.62. The zero-order valence-electron chi connectivity index (χ0n) is 22.3. The first-order valence-corrected chi connectivity index (χ1v) is 13.8. The molecule has 0 aromatic heterocycles. The zero-order chi connectivity index (χ0) is 26.0. The van der Waals surface area contributed by atoms with Gasteiger partial charge in [0, 0.05) is 19.3 Å². The fourth-order valence-electron chi connectivity index (χ4n) is 5.68. The van der Waals surface area contributed by atoms with Crippen molar-refractivity contribution in [3.63, 3.8) is 0 Å². The van der Waals surface area contributed by atoms with E-state index in [1.54, 1.807) is 20.8 Å². The third-order valence-corrected chi connectivity index (χ3v) is 7.41. The largest absolute Gasteiger partial charge is 0.477 e. The third kappa shape index (κ3) is 10.3. The minimum Gasteiger partial charge on any atom is -0.477 e. The summed E-state index contributed by atoms with van der Waals surface area (Å²) in [5, 5.41) is 29.9. The van der Waals surface area contributed by atoms with Crippen LogP contribution in [-0.4, -0.2) is 62.4 Å². The highest BCUT2D eigenvalue weighted by Gasteiger charge is 2.55. The van der Waals surface area contributed by atoms with Gasteiger partial charge in [0.05, 0.1) is 6.54 Å². The molecule has 0 heterocycles. The van der Waals surface area contributed by atoms with Crippen LogP contribution in [0.15, 0.2) is 0 Å². The summed E-state index contributed by atoms with van der Waals surface area (Å²) in [5.41, 5.74) is 0. The highest BCUT2D eigenvalue weighted by atomic mass is 16.4. The lowest BCUT2D eigenvalue weighted by molar-refractivity contribution is -0.973. The van der Waals surface area contributed by atoms with Crippen LogP contribution in [0.25, 0.3) is 0 Å². The number of carboxylic acids is 3. The molecule has 3 unspecified atom stereocenters. The van der Waals surface area contributed by atoms with E-state index in [2.05, 4.69) is 6.92 Å². The van der Waals surface area contributed by atoms with Crippen LogP contribution >= 0.6 is 0 Å². The maximum absolute atomic E-state index is 12.2. The molecule has 0 bridgehead atoms. The van der Waals surface area contributed by atoms with E-state index in [-0.39, 0.29) is 25.8 Å². The fraction of sp³-hybridized carbons (Fsp3) is 0.889. The zero-order valence-corrected chi connectivity index (χ0v) is 22.3. The van der Waals surface area contributed by atoms with Gasteiger partial charge >= 0.3 is 17.9 Å². The molecular weight excluding hydrogens is 434 g/mol. The fourth-order valence-corrected chi connectivity index (χ4v) is 5.68. The molecule has 3 N–H and O–H groups in total. The van der Waals surface area contributed by atoms with Gasteiger partial charge in [0.15, 0.2) is 18.1 Å². The summed E-state index contributed by atoms with van der Waals surface area (Å²) in [4.78, 5) is 36.6. The van der Waals surface area contributed by atoms with Crippen LogP contribution in [0.2, 0.25) is 0 Å². The molecule has 0 radical (unpaired) electrons. The van der Waals surface area contributed by atoms with Crippen molar-refractivity contribution in [1.29, 1.82) is 0 Å². The first-order valence-electron chi connectivity index (χ1n) is 13.8. The lowest BCUT2D eigenvalue weighted by atomic mass is 9.93. The molecule has 34 heavy (non-hydrogen) atoms. The lowest BCUT2D eigenvalue weighted by Crippen LogP contribution is -2.72. The van der Waals surface area contributed by atoms with Crippen LogP contribution in [0.5, 0.6) is 0 Å². The number of hydrogen-bond acceptors (Lipinski definition) is 3. The summed E-state index contributed by atoms with van der Waals surface area (Å²) in [6, 6.07) is -3.17. The standard InChI is InChI=1S/C27H51NO6/c1-5-9-10-11-12-13-14-15-16-17-18-19-20-21-28(22(6-2)25(29)30,23(7-3)26(31)32)24(8-4)27(33)34/h22-24H,5-21H2,1-4H3,(H2-,29,30,31,32,33,34)/p+1. The van der Waals surface area contributed by atoms with E-state index < -0.39 is 40.5 Å². The number of quaternary nitrogens is 1. The Kier molecular flexibility index (Phi) is 17.8. The van der Waals surface area contributed by atoms with Crippen LogP contribution < -0.4 is 0 Å². The maximum atomic E-state index is 12.2. The Balaban J connectivity index is 5.01. The normalized spacial score (nSPS) is 15.9. The summed E-state index contributed by atoms with van der Waals surface area (Å²) < 4.78 is -0.401. The molecule has 7 nitrogen and oxygen atoms in total. The highest BCUT2D eigenvalue weighted by Crippen LogP contribution is 2.32. The van der Waals surface area contributed by atoms with Crippen LogP contribution in [0.4, 0.5) is 0 Å². The Labute approximate surface area is 207 Å². The second-order valence-corrected chi connectivity index (χ2v) is 9.75. The second kappa shape index (κ2) is 18.7. The van der Waals surface area contributed by atoms with Gasteiger partial charge in [-0.15, -0.1) is 0 Å². The molecule has 0 aliphatic carbocycles. The molecule has 0 fully saturated rings. The van der Waals surface area contributed by atoms with Gasteiger partial charge in [-0.2, -0.15) is 0 Å². The van der Waals surface area contributed by atoms with Gasteiger partial charge in [-0.25, -0.2) is 14.4 Å². The molecule has 0 spiro atoms. The summed E-state index contributed by atoms with van der Waals surface area (Å²) in [7, 11) is 0. The molecule has 0 aliphatic heterocycles. The topological polar surface area (TPSA) is 112 Å². The van der Waals surface area contributed by atoms with Crippen LogP contribution in [0, 0.1) is 0 Å². The van der Waals surface area contributed by atoms with Gasteiger partial charge in [-0.3, -0.25) is 4.48 Å². The average Bonchev–Trinajstić information content (AvgIpc) is 2.77. The molecule has 0 saturated heterocycles. The van der Waals surface area contributed by atoms with Crippen molar-refractivity contribution in [3.05, 3.63) is 0 Å². The van der Waals surface area contributed by atoms with Crippen molar-refractivity contribution in [2.75, 3.05) is 6.54 Å². The Bertz CT molecular complexity index is 524. The molecule has 0 rings (SSSR count). The van der Waals surface area contributed by atoms with Crippen molar-refractivity contribution in [2.24, 2.45) is 0 Å². The van der Waals surface area contributed by atoms with Gasteiger partial charge < -0.3 is 15.3 Å². The van der Waals surface area contributed by atoms with Crippen LogP contribution in [0.3, 0.4) is 0 Å². The van der Waals surface area contributed by atoms with E-state index in [0.717, 1.165) is 19.3 Å². The predicted molar refractivity (Wildman–Crippen MR) is 136 cm³/mol. The molecule has 0 saturated carbocycles.